The third kappa shape index (κ3) is 3.20. The van der Waals surface area contributed by atoms with Gasteiger partial charge in [0.2, 0.25) is 0 Å². The molecule has 2 aromatic rings. The first-order chi connectivity index (χ1) is 8.16. The predicted molar refractivity (Wildman–Crippen MR) is 69.9 cm³/mol. The minimum absolute atomic E-state index is 0.0667. The van der Waals surface area contributed by atoms with E-state index in [0.717, 1.165) is 5.56 Å². The lowest BCUT2D eigenvalue weighted by Gasteiger charge is -2.08. The van der Waals surface area contributed by atoms with E-state index in [9.17, 15) is 4.39 Å². The van der Waals surface area contributed by atoms with Crippen LogP contribution in [-0.4, -0.2) is 0 Å². The molecule has 88 valence electrons. The molecule has 0 radical (unpaired) electrons. The number of benzene rings is 2. The zero-order valence-corrected chi connectivity index (χ0v) is 11.1. The molecule has 0 saturated carbocycles. The van der Waals surface area contributed by atoms with Crippen molar-refractivity contribution in [1.29, 1.82) is 0 Å². The lowest BCUT2D eigenvalue weighted by Crippen LogP contribution is -1.95. The van der Waals surface area contributed by atoms with Gasteiger partial charge in [-0.05, 0) is 27.6 Å². The van der Waals surface area contributed by atoms with E-state index in [4.69, 9.17) is 16.3 Å². The number of halogens is 3. The molecule has 0 heterocycles. The molecule has 0 fully saturated rings. The topological polar surface area (TPSA) is 9.23 Å². The van der Waals surface area contributed by atoms with Crippen LogP contribution in [0.2, 0.25) is 5.02 Å². The van der Waals surface area contributed by atoms with Crippen LogP contribution >= 0.6 is 27.5 Å². The SMILES string of the molecule is Fc1cc(OCc2ccccc2)cc(Br)c1Cl. The van der Waals surface area contributed by atoms with Crippen molar-refractivity contribution >= 4 is 27.5 Å². The molecule has 4 heteroatoms. The Balaban J connectivity index is 2.10. The summed E-state index contributed by atoms with van der Waals surface area (Å²) in [5.41, 5.74) is 1.03. The summed E-state index contributed by atoms with van der Waals surface area (Å²) in [6.45, 7) is 0.397. The van der Waals surface area contributed by atoms with E-state index in [0.29, 0.717) is 16.8 Å². The second-order valence-corrected chi connectivity index (χ2v) is 4.71. The third-order valence-electron chi connectivity index (χ3n) is 2.21. The maximum atomic E-state index is 13.3. The Bertz CT molecular complexity index is 493. The summed E-state index contributed by atoms with van der Waals surface area (Å²) >= 11 is 8.86. The maximum absolute atomic E-state index is 13.3. The molecule has 0 aliphatic rings. The summed E-state index contributed by atoms with van der Waals surface area (Å²) in [6.07, 6.45) is 0. The van der Waals surface area contributed by atoms with Crippen LogP contribution in [0.4, 0.5) is 4.39 Å². The van der Waals surface area contributed by atoms with Gasteiger partial charge in [0.1, 0.15) is 18.2 Å². The Labute approximate surface area is 112 Å². The van der Waals surface area contributed by atoms with Crippen molar-refractivity contribution in [2.45, 2.75) is 6.61 Å². The summed E-state index contributed by atoms with van der Waals surface area (Å²) in [5.74, 6) is -0.0493. The monoisotopic (exact) mass is 314 g/mol. The Hall–Kier alpha value is -1.06. The molecule has 0 saturated heterocycles. The second kappa shape index (κ2) is 5.52. The van der Waals surface area contributed by atoms with Crippen molar-refractivity contribution in [3.05, 3.63) is 63.3 Å². The first kappa shape index (κ1) is 12.4. The zero-order chi connectivity index (χ0) is 12.3. The van der Waals surface area contributed by atoms with Crippen LogP contribution in [0, 0.1) is 5.82 Å². The molecule has 0 unspecified atom stereocenters. The Morgan fingerprint density at radius 3 is 2.53 bits per heavy atom. The van der Waals surface area contributed by atoms with Crippen molar-refractivity contribution in [3.8, 4) is 5.75 Å². The van der Waals surface area contributed by atoms with Crippen LogP contribution in [0.5, 0.6) is 5.75 Å². The smallest absolute Gasteiger partial charge is 0.146 e. The molecule has 0 aromatic heterocycles. The molecule has 0 spiro atoms. The minimum Gasteiger partial charge on any atom is -0.489 e. The molecule has 0 atom stereocenters. The van der Waals surface area contributed by atoms with Crippen LogP contribution in [0.3, 0.4) is 0 Å². The highest BCUT2D eigenvalue weighted by molar-refractivity contribution is 9.10. The third-order valence-corrected chi connectivity index (χ3v) is 3.44. The standard InChI is InChI=1S/C13H9BrClFO/c14-11-6-10(7-12(16)13(11)15)17-8-9-4-2-1-3-5-9/h1-7H,8H2. The second-order valence-electron chi connectivity index (χ2n) is 3.48. The molecular weight excluding hydrogens is 306 g/mol. The molecule has 0 aliphatic heterocycles. The van der Waals surface area contributed by atoms with Gasteiger partial charge in [-0.25, -0.2) is 4.39 Å². The Kier molecular flexibility index (Phi) is 4.02. The highest BCUT2D eigenvalue weighted by Gasteiger charge is 2.07. The number of hydrogen-bond donors (Lipinski definition) is 0. The van der Waals surface area contributed by atoms with E-state index in [-0.39, 0.29) is 5.02 Å². The van der Waals surface area contributed by atoms with Crippen LogP contribution in [0.15, 0.2) is 46.9 Å². The van der Waals surface area contributed by atoms with E-state index in [1.54, 1.807) is 6.07 Å². The van der Waals surface area contributed by atoms with Crippen molar-refractivity contribution in [2.75, 3.05) is 0 Å². The quantitative estimate of drug-likeness (QED) is 0.738. The van der Waals surface area contributed by atoms with Crippen molar-refractivity contribution in [2.24, 2.45) is 0 Å². The van der Waals surface area contributed by atoms with Crippen LogP contribution in [0.25, 0.3) is 0 Å². The first-order valence-electron chi connectivity index (χ1n) is 4.98. The summed E-state index contributed by atoms with van der Waals surface area (Å²) in [5, 5.41) is 0.0667. The summed E-state index contributed by atoms with van der Waals surface area (Å²) in [6, 6.07) is 12.6. The Morgan fingerprint density at radius 1 is 1.18 bits per heavy atom. The fraction of sp³-hybridized carbons (Fsp3) is 0.0769. The van der Waals surface area contributed by atoms with Gasteiger partial charge < -0.3 is 4.74 Å². The van der Waals surface area contributed by atoms with Crippen LogP contribution < -0.4 is 4.74 Å². The molecule has 2 aromatic carbocycles. The molecule has 2 rings (SSSR count). The largest absolute Gasteiger partial charge is 0.489 e. The highest BCUT2D eigenvalue weighted by Crippen LogP contribution is 2.30. The summed E-state index contributed by atoms with van der Waals surface area (Å²) in [4.78, 5) is 0. The van der Waals surface area contributed by atoms with E-state index in [2.05, 4.69) is 15.9 Å². The average Bonchev–Trinajstić information content (AvgIpc) is 2.34. The van der Waals surface area contributed by atoms with Gasteiger partial charge in [-0.2, -0.15) is 0 Å². The van der Waals surface area contributed by atoms with Gasteiger partial charge in [0.25, 0.3) is 0 Å². The fourth-order valence-corrected chi connectivity index (χ4v) is 1.88. The average molecular weight is 316 g/mol. The van der Waals surface area contributed by atoms with Gasteiger partial charge in [0.05, 0.1) is 5.02 Å². The van der Waals surface area contributed by atoms with Gasteiger partial charge in [-0.1, -0.05) is 41.9 Å². The first-order valence-corrected chi connectivity index (χ1v) is 6.15. The zero-order valence-electron chi connectivity index (χ0n) is 8.79. The minimum atomic E-state index is -0.496. The van der Waals surface area contributed by atoms with E-state index < -0.39 is 5.82 Å². The van der Waals surface area contributed by atoms with Crippen molar-refractivity contribution in [3.63, 3.8) is 0 Å². The predicted octanol–water partition coefficient (Wildman–Crippen LogP) is 4.82. The molecule has 0 amide bonds. The molecule has 17 heavy (non-hydrogen) atoms. The van der Waals surface area contributed by atoms with E-state index in [1.807, 2.05) is 30.3 Å². The fourth-order valence-electron chi connectivity index (χ4n) is 1.36. The molecule has 0 N–H and O–H groups in total. The Morgan fingerprint density at radius 2 is 1.88 bits per heavy atom. The van der Waals surface area contributed by atoms with Gasteiger partial charge in [0.15, 0.2) is 0 Å². The molecular formula is C13H9BrClFO. The summed E-state index contributed by atoms with van der Waals surface area (Å²) < 4.78 is 19.3. The van der Waals surface area contributed by atoms with E-state index >= 15 is 0 Å². The van der Waals surface area contributed by atoms with E-state index in [1.165, 1.54) is 6.07 Å². The molecule has 0 bridgehead atoms. The van der Waals surface area contributed by atoms with Crippen LogP contribution in [0.1, 0.15) is 5.56 Å². The normalized spacial score (nSPS) is 10.3. The molecule has 1 nitrogen and oxygen atoms in total. The van der Waals surface area contributed by atoms with Gasteiger partial charge >= 0.3 is 0 Å². The van der Waals surface area contributed by atoms with Crippen molar-refractivity contribution in [1.82, 2.24) is 0 Å². The number of hydrogen-bond acceptors (Lipinski definition) is 1. The lowest BCUT2D eigenvalue weighted by molar-refractivity contribution is 0.304. The highest BCUT2D eigenvalue weighted by atomic mass is 79.9. The van der Waals surface area contributed by atoms with Crippen molar-refractivity contribution < 1.29 is 9.13 Å². The van der Waals surface area contributed by atoms with Gasteiger partial charge in [-0.15, -0.1) is 0 Å². The lowest BCUT2D eigenvalue weighted by atomic mass is 10.2. The summed E-state index contributed by atoms with van der Waals surface area (Å²) in [7, 11) is 0. The van der Waals surface area contributed by atoms with Gasteiger partial charge in [0, 0.05) is 10.5 Å². The number of ether oxygens (including phenoxy) is 1. The van der Waals surface area contributed by atoms with Crippen LogP contribution in [-0.2, 0) is 6.61 Å². The van der Waals surface area contributed by atoms with Gasteiger partial charge in [-0.3, -0.25) is 0 Å². The number of rotatable bonds is 3. The molecule has 0 aliphatic carbocycles. The maximum Gasteiger partial charge on any atom is 0.146 e.